The molecule has 0 bridgehead atoms. The molecule has 2 heterocycles. The molecule has 0 radical (unpaired) electrons. The Morgan fingerprint density at radius 3 is 2.76 bits per heavy atom. The van der Waals surface area contributed by atoms with Crippen LogP contribution in [0.15, 0.2) is 36.4 Å². The fourth-order valence-electron chi connectivity index (χ4n) is 2.89. The van der Waals surface area contributed by atoms with Crippen molar-refractivity contribution in [1.29, 1.82) is 0 Å². The van der Waals surface area contributed by atoms with Crippen LogP contribution in [0.3, 0.4) is 0 Å². The predicted molar refractivity (Wildman–Crippen MR) is 75.8 cm³/mol. The molecule has 0 fully saturated rings. The molecule has 21 heavy (non-hydrogen) atoms. The molecule has 0 aliphatic carbocycles. The highest BCUT2D eigenvalue weighted by Gasteiger charge is 2.29. The summed E-state index contributed by atoms with van der Waals surface area (Å²) in [5, 5.41) is 12.5. The van der Waals surface area contributed by atoms with E-state index >= 15 is 0 Å². The first-order valence-electron chi connectivity index (χ1n) is 6.73. The fraction of sp³-hybridized carbons (Fsp3) is 0.188. The Morgan fingerprint density at radius 1 is 1.14 bits per heavy atom. The van der Waals surface area contributed by atoms with Crippen molar-refractivity contribution >= 4 is 11.6 Å². The molecular formula is C16H13NO4. The molecule has 5 nitrogen and oxygen atoms in total. The van der Waals surface area contributed by atoms with Crippen molar-refractivity contribution in [3.05, 3.63) is 47.5 Å². The van der Waals surface area contributed by atoms with Crippen LogP contribution >= 0.6 is 0 Å². The van der Waals surface area contributed by atoms with Gasteiger partial charge in [0.1, 0.15) is 5.75 Å². The largest absolute Gasteiger partial charge is 0.508 e. The highest BCUT2D eigenvalue weighted by Crippen LogP contribution is 2.44. The third kappa shape index (κ3) is 1.98. The van der Waals surface area contributed by atoms with E-state index in [1.807, 2.05) is 12.1 Å². The van der Waals surface area contributed by atoms with Crippen molar-refractivity contribution in [1.82, 2.24) is 0 Å². The fourth-order valence-corrected chi connectivity index (χ4v) is 2.89. The van der Waals surface area contributed by atoms with E-state index in [0.29, 0.717) is 17.9 Å². The standard InChI is InChI=1S/C16H13NO4/c18-10-3-1-2-9(4-10)11-6-16(19)17-13-7-15-14(5-12(11)13)20-8-21-15/h1-5,7,11,18H,6,8H2,(H,17,19)/t11-/m0/s1. The molecule has 0 aromatic heterocycles. The maximum absolute atomic E-state index is 11.9. The third-order valence-corrected chi connectivity index (χ3v) is 3.86. The van der Waals surface area contributed by atoms with Gasteiger partial charge in [0.15, 0.2) is 11.5 Å². The number of carbonyl (C=O) groups excluding carboxylic acids is 1. The van der Waals surface area contributed by atoms with Crippen LogP contribution in [0.2, 0.25) is 0 Å². The van der Waals surface area contributed by atoms with E-state index in [1.165, 1.54) is 0 Å². The lowest BCUT2D eigenvalue weighted by Crippen LogP contribution is -2.23. The summed E-state index contributed by atoms with van der Waals surface area (Å²) in [5.74, 6) is 1.38. The highest BCUT2D eigenvalue weighted by molar-refractivity contribution is 5.96. The maximum Gasteiger partial charge on any atom is 0.231 e. The Morgan fingerprint density at radius 2 is 1.95 bits per heavy atom. The van der Waals surface area contributed by atoms with Crippen molar-refractivity contribution in [2.75, 3.05) is 12.1 Å². The van der Waals surface area contributed by atoms with Gasteiger partial charge in [0.25, 0.3) is 0 Å². The summed E-state index contributed by atoms with van der Waals surface area (Å²) in [6, 6.07) is 10.7. The minimum Gasteiger partial charge on any atom is -0.508 e. The molecule has 0 spiro atoms. The zero-order valence-corrected chi connectivity index (χ0v) is 11.1. The predicted octanol–water partition coefficient (Wildman–Crippen LogP) is 2.59. The Kier molecular flexibility index (Phi) is 2.54. The lowest BCUT2D eigenvalue weighted by Gasteiger charge is -2.26. The molecule has 1 atom stereocenters. The number of hydrogen-bond acceptors (Lipinski definition) is 4. The number of hydrogen-bond donors (Lipinski definition) is 2. The quantitative estimate of drug-likeness (QED) is 0.844. The first-order valence-corrected chi connectivity index (χ1v) is 6.73. The second-order valence-corrected chi connectivity index (χ2v) is 5.19. The van der Waals surface area contributed by atoms with Gasteiger partial charge in [-0.15, -0.1) is 0 Å². The van der Waals surface area contributed by atoms with Gasteiger partial charge < -0.3 is 19.9 Å². The molecule has 2 N–H and O–H groups in total. The number of phenolic OH excluding ortho intramolecular Hbond substituents is 1. The number of benzene rings is 2. The molecule has 2 aromatic rings. The lowest BCUT2D eigenvalue weighted by molar-refractivity contribution is -0.116. The first kappa shape index (κ1) is 12.1. The summed E-state index contributed by atoms with van der Waals surface area (Å²) >= 11 is 0. The molecule has 2 aliphatic rings. The SMILES string of the molecule is O=C1C[C@@H](c2cccc(O)c2)c2cc3c(cc2N1)OCO3. The molecule has 0 saturated heterocycles. The van der Waals surface area contributed by atoms with E-state index < -0.39 is 0 Å². The summed E-state index contributed by atoms with van der Waals surface area (Å²) in [5.41, 5.74) is 2.62. The van der Waals surface area contributed by atoms with E-state index in [1.54, 1.807) is 24.3 Å². The van der Waals surface area contributed by atoms with Crippen molar-refractivity contribution < 1.29 is 19.4 Å². The number of carbonyl (C=O) groups is 1. The number of rotatable bonds is 1. The average Bonchev–Trinajstić information content (AvgIpc) is 2.91. The lowest BCUT2D eigenvalue weighted by atomic mass is 9.84. The Bertz CT molecular complexity index is 741. The minimum absolute atomic E-state index is 0.0466. The topological polar surface area (TPSA) is 67.8 Å². The molecule has 5 heteroatoms. The smallest absolute Gasteiger partial charge is 0.231 e. The Balaban J connectivity index is 1.85. The summed E-state index contributed by atoms with van der Waals surface area (Å²) in [4.78, 5) is 11.9. The van der Waals surface area contributed by atoms with Gasteiger partial charge >= 0.3 is 0 Å². The molecular weight excluding hydrogens is 270 g/mol. The van der Waals surface area contributed by atoms with Crippen molar-refractivity contribution in [3.63, 3.8) is 0 Å². The van der Waals surface area contributed by atoms with Crippen LogP contribution in [0.1, 0.15) is 23.5 Å². The van der Waals surface area contributed by atoms with Crippen LogP contribution in [-0.4, -0.2) is 17.8 Å². The second-order valence-electron chi connectivity index (χ2n) is 5.19. The average molecular weight is 283 g/mol. The van der Waals surface area contributed by atoms with Crippen LogP contribution in [0.25, 0.3) is 0 Å². The van der Waals surface area contributed by atoms with Gasteiger partial charge in [-0.3, -0.25) is 4.79 Å². The number of anilines is 1. The van der Waals surface area contributed by atoms with E-state index in [9.17, 15) is 9.90 Å². The van der Waals surface area contributed by atoms with Gasteiger partial charge in [-0.2, -0.15) is 0 Å². The summed E-state index contributed by atoms with van der Waals surface area (Å²) < 4.78 is 10.8. The van der Waals surface area contributed by atoms with Crippen LogP contribution in [0.5, 0.6) is 17.2 Å². The number of aromatic hydroxyl groups is 1. The van der Waals surface area contributed by atoms with E-state index in [4.69, 9.17) is 9.47 Å². The first-order chi connectivity index (χ1) is 10.2. The minimum atomic E-state index is -0.102. The van der Waals surface area contributed by atoms with Crippen molar-refractivity contribution in [2.24, 2.45) is 0 Å². The van der Waals surface area contributed by atoms with Crippen molar-refractivity contribution in [3.8, 4) is 17.2 Å². The monoisotopic (exact) mass is 283 g/mol. The second kappa shape index (κ2) is 4.41. The van der Waals surface area contributed by atoms with Gasteiger partial charge in [-0.25, -0.2) is 0 Å². The molecule has 106 valence electrons. The highest BCUT2D eigenvalue weighted by atomic mass is 16.7. The summed E-state index contributed by atoms with van der Waals surface area (Å²) in [7, 11) is 0. The molecule has 0 saturated carbocycles. The van der Waals surface area contributed by atoms with Crippen LogP contribution in [-0.2, 0) is 4.79 Å². The Hall–Kier alpha value is -2.69. The zero-order chi connectivity index (χ0) is 14.4. The van der Waals surface area contributed by atoms with Crippen molar-refractivity contribution in [2.45, 2.75) is 12.3 Å². The van der Waals surface area contributed by atoms with Gasteiger partial charge in [0.05, 0.1) is 0 Å². The normalized spacial score (nSPS) is 19.0. The molecule has 0 unspecified atom stereocenters. The molecule has 2 aromatic carbocycles. The Labute approximate surface area is 121 Å². The van der Waals surface area contributed by atoms with Gasteiger partial charge in [0, 0.05) is 24.1 Å². The molecule has 4 rings (SSSR count). The van der Waals surface area contributed by atoms with E-state index in [-0.39, 0.29) is 24.4 Å². The number of phenols is 1. The summed E-state index contributed by atoms with van der Waals surface area (Å²) in [6.07, 6.45) is 0.343. The molecule has 2 aliphatic heterocycles. The third-order valence-electron chi connectivity index (χ3n) is 3.86. The zero-order valence-electron chi connectivity index (χ0n) is 11.1. The summed E-state index contributed by atoms with van der Waals surface area (Å²) in [6.45, 7) is 0.197. The van der Waals surface area contributed by atoms with E-state index in [2.05, 4.69) is 5.32 Å². The maximum atomic E-state index is 11.9. The van der Waals surface area contributed by atoms with Crippen LogP contribution < -0.4 is 14.8 Å². The van der Waals surface area contributed by atoms with Gasteiger partial charge in [-0.1, -0.05) is 12.1 Å². The number of ether oxygens (including phenoxy) is 2. The van der Waals surface area contributed by atoms with E-state index in [0.717, 1.165) is 16.8 Å². The number of fused-ring (bicyclic) bond motifs is 2. The van der Waals surface area contributed by atoms with Crippen LogP contribution in [0.4, 0.5) is 5.69 Å². The van der Waals surface area contributed by atoms with Gasteiger partial charge in [0.2, 0.25) is 12.7 Å². The molecule has 1 amide bonds. The number of nitrogens with one attached hydrogen (secondary N) is 1. The van der Waals surface area contributed by atoms with Gasteiger partial charge in [-0.05, 0) is 29.3 Å². The van der Waals surface area contributed by atoms with Crippen LogP contribution in [0, 0.1) is 0 Å². The number of amides is 1.